The standard InChI is InChI=1S/C37H36O2/c1-3-7-26(8-4-1)24-38-34-15-11-30(12-16-34)36(37-32-20-28-19-29(22-32)23-33(37)21-28)31-13-17-35(18-14-31)39-25-27-9-5-2-6-10-27/h1-18,28-29,32-33H,19-25H2. The Bertz CT molecular complexity index is 1300. The van der Waals surface area contributed by atoms with Crippen molar-refractivity contribution < 1.29 is 9.47 Å². The second kappa shape index (κ2) is 10.8. The quantitative estimate of drug-likeness (QED) is 0.234. The van der Waals surface area contributed by atoms with E-state index in [4.69, 9.17) is 9.47 Å². The Hall–Kier alpha value is -3.78. The largest absolute Gasteiger partial charge is 0.489 e. The summed E-state index contributed by atoms with van der Waals surface area (Å²) in [6.07, 6.45) is 6.98. The van der Waals surface area contributed by atoms with Gasteiger partial charge in [0, 0.05) is 0 Å². The molecule has 4 aliphatic rings. The van der Waals surface area contributed by atoms with E-state index >= 15 is 0 Å². The number of hydrogen-bond donors (Lipinski definition) is 0. The molecular formula is C37H36O2. The van der Waals surface area contributed by atoms with E-state index in [1.54, 1.807) is 5.57 Å². The van der Waals surface area contributed by atoms with E-state index in [2.05, 4.69) is 97.1 Å². The molecule has 0 saturated heterocycles. The van der Waals surface area contributed by atoms with Crippen molar-refractivity contribution in [3.8, 4) is 11.5 Å². The number of hydrogen-bond acceptors (Lipinski definition) is 2. The molecule has 0 radical (unpaired) electrons. The van der Waals surface area contributed by atoms with E-state index in [1.165, 1.54) is 59.9 Å². The monoisotopic (exact) mass is 512 g/mol. The van der Waals surface area contributed by atoms with Crippen LogP contribution in [0.2, 0.25) is 0 Å². The fourth-order valence-corrected chi connectivity index (χ4v) is 7.52. The molecule has 0 spiro atoms. The van der Waals surface area contributed by atoms with E-state index in [1.807, 2.05) is 12.1 Å². The molecule has 4 aromatic carbocycles. The van der Waals surface area contributed by atoms with Gasteiger partial charge in [0.25, 0.3) is 0 Å². The molecule has 2 nitrogen and oxygen atoms in total. The summed E-state index contributed by atoms with van der Waals surface area (Å²) in [5.74, 6) is 5.20. The van der Waals surface area contributed by atoms with Crippen LogP contribution in [0, 0.1) is 23.7 Å². The van der Waals surface area contributed by atoms with Crippen LogP contribution in [0.15, 0.2) is 115 Å². The highest BCUT2D eigenvalue weighted by Gasteiger charge is 2.46. The van der Waals surface area contributed by atoms with Crippen molar-refractivity contribution in [2.75, 3.05) is 0 Å². The summed E-state index contributed by atoms with van der Waals surface area (Å²) >= 11 is 0. The van der Waals surface area contributed by atoms with Crippen LogP contribution in [0.25, 0.3) is 5.57 Å². The fourth-order valence-electron chi connectivity index (χ4n) is 7.52. The van der Waals surface area contributed by atoms with Gasteiger partial charge in [0.15, 0.2) is 0 Å². The third kappa shape index (κ3) is 5.26. The predicted molar refractivity (Wildman–Crippen MR) is 157 cm³/mol. The third-order valence-electron chi connectivity index (χ3n) is 9.09. The van der Waals surface area contributed by atoms with E-state index < -0.39 is 0 Å². The van der Waals surface area contributed by atoms with Crippen LogP contribution < -0.4 is 9.47 Å². The Morgan fingerprint density at radius 1 is 0.487 bits per heavy atom. The Labute approximate surface area is 232 Å². The topological polar surface area (TPSA) is 18.5 Å². The van der Waals surface area contributed by atoms with E-state index in [0.717, 1.165) is 35.2 Å². The minimum absolute atomic E-state index is 0.589. The smallest absolute Gasteiger partial charge is 0.119 e. The summed E-state index contributed by atoms with van der Waals surface area (Å²) in [7, 11) is 0. The normalized spacial score (nSPS) is 23.0. The van der Waals surface area contributed by atoms with E-state index in [0.29, 0.717) is 13.2 Å². The van der Waals surface area contributed by atoms with Gasteiger partial charge in [-0.25, -0.2) is 0 Å². The lowest BCUT2D eigenvalue weighted by molar-refractivity contribution is 0.0705. The molecule has 0 atom stereocenters. The second-order valence-electron chi connectivity index (χ2n) is 11.7. The lowest BCUT2D eigenvalue weighted by atomic mass is 9.53. The zero-order chi connectivity index (χ0) is 26.0. The summed E-state index contributed by atoms with van der Waals surface area (Å²) < 4.78 is 12.2. The highest BCUT2D eigenvalue weighted by molar-refractivity contribution is 5.83. The minimum Gasteiger partial charge on any atom is -0.489 e. The zero-order valence-electron chi connectivity index (χ0n) is 22.5. The first kappa shape index (κ1) is 24.3. The first-order valence-corrected chi connectivity index (χ1v) is 14.6. The molecule has 196 valence electrons. The Kier molecular flexibility index (Phi) is 6.70. The van der Waals surface area contributed by atoms with Gasteiger partial charge >= 0.3 is 0 Å². The highest BCUT2D eigenvalue weighted by atomic mass is 16.5. The SMILES string of the molecule is c1ccc(COc2ccc(C(=C3C4CC5CC(C4)CC3C5)c3ccc(OCc4ccccc4)cc3)cc2)cc1. The van der Waals surface area contributed by atoms with Gasteiger partial charge in [-0.05, 0) is 108 Å². The summed E-state index contributed by atoms with van der Waals surface area (Å²) in [4.78, 5) is 0. The van der Waals surface area contributed by atoms with Crippen molar-refractivity contribution in [1.29, 1.82) is 0 Å². The summed E-state index contributed by atoms with van der Waals surface area (Å²) in [5, 5.41) is 0. The number of allylic oxidation sites excluding steroid dienone is 1. The van der Waals surface area contributed by atoms with Gasteiger partial charge in [-0.3, -0.25) is 0 Å². The van der Waals surface area contributed by atoms with Gasteiger partial charge in [-0.1, -0.05) is 90.5 Å². The molecule has 0 unspecified atom stereocenters. The van der Waals surface area contributed by atoms with Crippen molar-refractivity contribution in [3.05, 3.63) is 137 Å². The molecule has 0 aromatic heterocycles. The molecule has 4 fully saturated rings. The van der Waals surface area contributed by atoms with E-state index in [-0.39, 0.29) is 0 Å². The third-order valence-corrected chi connectivity index (χ3v) is 9.09. The van der Waals surface area contributed by atoms with Crippen molar-refractivity contribution in [2.45, 2.75) is 45.3 Å². The number of rotatable bonds is 8. The highest BCUT2D eigenvalue weighted by Crippen LogP contribution is 2.58. The maximum absolute atomic E-state index is 6.12. The van der Waals surface area contributed by atoms with Crippen LogP contribution in [0.1, 0.15) is 54.4 Å². The molecule has 4 aliphatic carbocycles. The van der Waals surface area contributed by atoms with Gasteiger partial charge in [0.1, 0.15) is 24.7 Å². The molecule has 4 bridgehead atoms. The van der Waals surface area contributed by atoms with Crippen molar-refractivity contribution >= 4 is 5.57 Å². The summed E-state index contributed by atoms with van der Waals surface area (Å²) in [6.45, 7) is 1.18. The minimum atomic E-state index is 0.589. The first-order chi connectivity index (χ1) is 19.3. The zero-order valence-corrected chi connectivity index (χ0v) is 22.5. The Morgan fingerprint density at radius 2 is 0.897 bits per heavy atom. The molecule has 4 saturated carbocycles. The van der Waals surface area contributed by atoms with Crippen molar-refractivity contribution in [1.82, 2.24) is 0 Å². The maximum Gasteiger partial charge on any atom is 0.119 e. The van der Waals surface area contributed by atoms with Gasteiger partial charge < -0.3 is 9.47 Å². The lowest BCUT2D eigenvalue weighted by Gasteiger charge is -2.52. The average Bonchev–Trinajstić information content (AvgIpc) is 2.98. The average molecular weight is 513 g/mol. The predicted octanol–water partition coefficient (Wildman–Crippen LogP) is 9.10. The Balaban J connectivity index is 1.17. The van der Waals surface area contributed by atoms with Crippen molar-refractivity contribution in [3.63, 3.8) is 0 Å². The van der Waals surface area contributed by atoms with Gasteiger partial charge in [-0.15, -0.1) is 0 Å². The van der Waals surface area contributed by atoms with Crippen LogP contribution in [-0.4, -0.2) is 0 Å². The lowest BCUT2D eigenvalue weighted by Crippen LogP contribution is -2.40. The maximum atomic E-state index is 6.12. The fraction of sp³-hybridized carbons (Fsp3) is 0.297. The molecule has 39 heavy (non-hydrogen) atoms. The molecular weight excluding hydrogens is 476 g/mol. The molecule has 8 rings (SSSR count). The first-order valence-electron chi connectivity index (χ1n) is 14.6. The molecule has 0 N–H and O–H groups in total. The van der Waals surface area contributed by atoms with Gasteiger partial charge in [-0.2, -0.15) is 0 Å². The molecule has 4 aromatic rings. The van der Waals surface area contributed by atoms with Gasteiger partial charge in [0.2, 0.25) is 0 Å². The molecule has 2 heteroatoms. The van der Waals surface area contributed by atoms with Gasteiger partial charge in [0.05, 0.1) is 0 Å². The van der Waals surface area contributed by atoms with Crippen LogP contribution >= 0.6 is 0 Å². The molecule has 0 amide bonds. The van der Waals surface area contributed by atoms with Crippen LogP contribution in [0.5, 0.6) is 11.5 Å². The van der Waals surface area contributed by atoms with E-state index in [9.17, 15) is 0 Å². The number of benzene rings is 4. The molecule has 0 aliphatic heterocycles. The van der Waals surface area contributed by atoms with Crippen LogP contribution in [0.3, 0.4) is 0 Å². The van der Waals surface area contributed by atoms with Crippen LogP contribution in [0.4, 0.5) is 0 Å². The van der Waals surface area contributed by atoms with Crippen LogP contribution in [-0.2, 0) is 13.2 Å². The van der Waals surface area contributed by atoms with Crippen molar-refractivity contribution in [2.24, 2.45) is 23.7 Å². The second-order valence-corrected chi connectivity index (χ2v) is 11.7. The number of ether oxygens (including phenoxy) is 2. The molecule has 0 heterocycles. The summed E-state index contributed by atoms with van der Waals surface area (Å²) in [5.41, 5.74) is 8.16. The Morgan fingerprint density at radius 3 is 1.31 bits per heavy atom. The summed E-state index contributed by atoms with van der Waals surface area (Å²) in [6, 6.07) is 38.4.